The van der Waals surface area contributed by atoms with E-state index in [1.807, 2.05) is 18.2 Å². The molecule has 1 saturated carbocycles. The fraction of sp³-hybridized carbons (Fsp3) is 0.647. The average Bonchev–Trinajstić information content (AvgIpc) is 2.96. The summed E-state index contributed by atoms with van der Waals surface area (Å²) in [4.78, 5) is 17.2. The van der Waals surface area contributed by atoms with Crippen molar-refractivity contribution in [1.82, 2.24) is 4.98 Å². The van der Waals surface area contributed by atoms with E-state index in [4.69, 9.17) is 14.5 Å². The number of aryl methyl sites for hydroxylation is 2. The molecule has 1 aliphatic carbocycles. The van der Waals surface area contributed by atoms with Gasteiger partial charge in [-0.15, -0.1) is 0 Å². The molecule has 1 fully saturated rings. The third kappa shape index (κ3) is 7.86. The smallest absolute Gasteiger partial charge is 0.310 e. The van der Waals surface area contributed by atoms with E-state index in [0.717, 1.165) is 99.1 Å². The number of benzene rings is 1. The maximum atomic E-state index is 14.7. The molecule has 6 nitrogen and oxygen atoms in total. The largest absolute Gasteiger partial charge is 0.481 e. The average molecular weight is 567 g/mol. The Morgan fingerprint density at radius 3 is 2.90 bits per heavy atom. The van der Waals surface area contributed by atoms with Crippen LogP contribution in [0.5, 0.6) is 0 Å². The molecule has 7 heteroatoms. The number of alkyl halides is 1. The van der Waals surface area contributed by atoms with Crippen molar-refractivity contribution in [3.8, 4) is 0 Å². The number of carboxylic acid groups (broad SMARTS) is 1. The predicted octanol–water partition coefficient (Wildman–Crippen LogP) is 7.18. The summed E-state index contributed by atoms with van der Waals surface area (Å²) in [6, 6.07) is 10.2. The highest BCUT2D eigenvalue weighted by Crippen LogP contribution is 2.37. The van der Waals surface area contributed by atoms with Gasteiger partial charge < -0.3 is 19.9 Å². The summed E-state index contributed by atoms with van der Waals surface area (Å²) in [5.74, 6) is 0.162. The van der Waals surface area contributed by atoms with Crippen molar-refractivity contribution in [2.24, 2.45) is 5.92 Å². The van der Waals surface area contributed by atoms with Crippen LogP contribution in [0.1, 0.15) is 106 Å². The van der Waals surface area contributed by atoms with Crippen molar-refractivity contribution in [2.45, 2.75) is 121 Å². The molecular weight excluding hydrogens is 519 g/mol. The van der Waals surface area contributed by atoms with Crippen LogP contribution in [0.3, 0.4) is 0 Å². The number of carbonyl (C=O) groups is 1. The maximum Gasteiger partial charge on any atom is 0.310 e. The molecule has 3 aliphatic rings. The minimum absolute atomic E-state index is 0.261. The van der Waals surface area contributed by atoms with Crippen molar-refractivity contribution in [3.05, 3.63) is 58.3 Å². The molecule has 41 heavy (non-hydrogen) atoms. The van der Waals surface area contributed by atoms with Gasteiger partial charge in [0.15, 0.2) is 0 Å². The highest BCUT2D eigenvalue weighted by molar-refractivity contribution is 5.77. The van der Waals surface area contributed by atoms with E-state index in [1.165, 1.54) is 25.8 Å². The Morgan fingerprint density at radius 1 is 1.20 bits per heavy atom. The number of pyridine rings is 1. The Labute approximate surface area is 244 Å². The Balaban J connectivity index is 1.08. The van der Waals surface area contributed by atoms with Crippen LogP contribution < -0.4 is 5.32 Å². The van der Waals surface area contributed by atoms with Crippen molar-refractivity contribution in [3.63, 3.8) is 0 Å². The molecule has 0 saturated heterocycles. The summed E-state index contributed by atoms with van der Waals surface area (Å²) >= 11 is 0. The number of nitrogens with zero attached hydrogens (tertiary/aromatic N) is 1. The lowest BCUT2D eigenvalue weighted by molar-refractivity contribution is -0.139. The van der Waals surface area contributed by atoms with Crippen LogP contribution in [0.25, 0.3) is 0 Å². The topological polar surface area (TPSA) is 80.7 Å². The molecule has 1 aromatic carbocycles. The third-order valence-corrected chi connectivity index (χ3v) is 9.31. The molecule has 3 heterocycles. The number of fused-ring (bicyclic) bond motifs is 2. The van der Waals surface area contributed by atoms with Crippen LogP contribution >= 0.6 is 0 Å². The molecular formula is C34H47FN2O4. The highest BCUT2D eigenvalue weighted by atomic mass is 19.1. The van der Waals surface area contributed by atoms with Gasteiger partial charge in [-0.2, -0.15) is 0 Å². The van der Waals surface area contributed by atoms with Gasteiger partial charge in [0.1, 0.15) is 11.5 Å². The monoisotopic (exact) mass is 566 g/mol. The van der Waals surface area contributed by atoms with E-state index in [9.17, 15) is 14.3 Å². The quantitative estimate of drug-likeness (QED) is 0.265. The molecule has 0 amide bonds. The fourth-order valence-corrected chi connectivity index (χ4v) is 6.88. The number of hydrogen-bond donors (Lipinski definition) is 2. The minimum atomic E-state index is -1.48. The number of aliphatic carboxylic acids is 1. The summed E-state index contributed by atoms with van der Waals surface area (Å²) in [6.07, 6.45) is 11.3. The van der Waals surface area contributed by atoms with Gasteiger partial charge in [-0.05, 0) is 106 Å². The second-order valence-electron chi connectivity index (χ2n) is 12.8. The van der Waals surface area contributed by atoms with Crippen molar-refractivity contribution in [1.29, 1.82) is 0 Å². The Morgan fingerprint density at radius 2 is 2.07 bits per heavy atom. The number of hydrogen-bond acceptors (Lipinski definition) is 5. The van der Waals surface area contributed by atoms with Crippen LogP contribution in [-0.4, -0.2) is 47.1 Å². The first-order valence-electron chi connectivity index (χ1n) is 15.8. The second kappa shape index (κ2) is 13.6. The number of anilines is 1. The van der Waals surface area contributed by atoms with Crippen molar-refractivity contribution < 1.29 is 23.8 Å². The predicted molar refractivity (Wildman–Crippen MR) is 159 cm³/mol. The number of aromatic nitrogens is 1. The third-order valence-electron chi connectivity index (χ3n) is 9.31. The van der Waals surface area contributed by atoms with Gasteiger partial charge in [0.25, 0.3) is 0 Å². The number of carboxylic acids is 1. The van der Waals surface area contributed by atoms with E-state index < -0.39 is 23.7 Å². The summed E-state index contributed by atoms with van der Waals surface area (Å²) in [6.45, 7) is 5.18. The molecule has 1 aromatic heterocycles. The minimum Gasteiger partial charge on any atom is -0.481 e. The van der Waals surface area contributed by atoms with Crippen molar-refractivity contribution in [2.75, 3.05) is 18.5 Å². The summed E-state index contributed by atoms with van der Waals surface area (Å²) in [5.41, 5.74) is 3.79. The second-order valence-corrected chi connectivity index (χ2v) is 12.8. The maximum absolute atomic E-state index is 14.7. The van der Waals surface area contributed by atoms with E-state index in [2.05, 4.69) is 17.4 Å². The molecule has 0 radical (unpaired) electrons. The molecule has 4 atom stereocenters. The molecule has 3 unspecified atom stereocenters. The van der Waals surface area contributed by atoms with Crippen molar-refractivity contribution >= 4 is 11.8 Å². The summed E-state index contributed by atoms with van der Waals surface area (Å²) < 4.78 is 26.8. The normalized spacial score (nSPS) is 23.2. The number of nitrogens with one attached hydrogen (secondary N) is 1. The standard InChI is InChI=1S/C34H47FN2O4/c1-34(2,35)31-21-30-25(22-41-31)9-6-13-28(30)29(33(38)39)17-14-23-8-5-12-27(20-23)40-19-4-3-11-26-16-15-24-10-7-18-36-32(24)37-26/h6,9,13,15-16,23,27,29,31H,3-5,7-8,10-12,14,17-22H2,1-2H3,(H,36,37)(H,38,39)/t23?,27-,29?,31?/m1/s1. The molecule has 2 aliphatic heterocycles. The Hall–Kier alpha value is -2.51. The zero-order chi connectivity index (χ0) is 28.8. The fourth-order valence-electron chi connectivity index (χ4n) is 6.88. The van der Waals surface area contributed by atoms with Gasteiger partial charge in [-0.25, -0.2) is 9.37 Å². The summed E-state index contributed by atoms with van der Waals surface area (Å²) in [5, 5.41) is 13.6. The molecule has 5 rings (SSSR count). The van der Waals surface area contributed by atoms with Crippen LogP contribution in [0.4, 0.5) is 10.2 Å². The van der Waals surface area contributed by atoms with Crippen LogP contribution in [-0.2, 0) is 40.1 Å². The highest BCUT2D eigenvalue weighted by Gasteiger charge is 2.36. The SMILES string of the molecule is CC(C)(F)C1Cc2c(cccc2C(CCC2CCC[C@@H](OCCCCc3ccc4c(n3)NCCC4)C2)C(=O)O)CO1. The molecule has 224 valence electrons. The van der Waals surface area contributed by atoms with E-state index in [-0.39, 0.29) is 6.10 Å². The molecule has 2 N–H and O–H groups in total. The number of halogens is 1. The van der Waals surface area contributed by atoms with Gasteiger partial charge in [-0.3, -0.25) is 4.79 Å². The van der Waals surface area contributed by atoms with Crippen LogP contribution in [0.2, 0.25) is 0 Å². The lowest BCUT2D eigenvalue weighted by Gasteiger charge is -2.34. The van der Waals surface area contributed by atoms with E-state index in [1.54, 1.807) is 0 Å². The van der Waals surface area contributed by atoms with Gasteiger partial charge >= 0.3 is 5.97 Å². The molecule has 0 bridgehead atoms. The van der Waals surface area contributed by atoms with Gasteiger partial charge in [0, 0.05) is 25.3 Å². The molecule has 2 aromatic rings. The first-order valence-corrected chi connectivity index (χ1v) is 15.8. The van der Waals surface area contributed by atoms with E-state index in [0.29, 0.717) is 25.4 Å². The lowest BCUT2D eigenvalue weighted by Crippen LogP contribution is -2.39. The van der Waals surface area contributed by atoms with Gasteiger partial charge in [0.2, 0.25) is 0 Å². The van der Waals surface area contributed by atoms with Crippen LogP contribution in [0.15, 0.2) is 30.3 Å². The Bertz CT molecular complexity index is 1180. The molecule has 0 spiro atoms. The first kappa shape index (κ1) is 30.0. The van der Waals surface area contributed by atoms with Crippen LogP contribution in [0, 0.1) is 5.92 Å². The Kier molecular flexibility index (Phi) is 9.97. The summed E-state index contributed by atoms with van der Waals surface area (Å²) in [7, 11) is 0. The van der Waals surface area contributed by atoms with Gasteiger partial charge in [-0.1, -0.05) is 37.1 Å². The zero-order valence-corrected chi connectivity index (χ0v) is 24.8. The number of ether oxygens (including phenoxy) is 2. The zero-order valence-electron chi connectivity index (χ0n) is 24.8. The van der Waals surface area contributed by atoms with Gasteiger partial charge in [0.05, 0.1) is 24.7 Å². The number of rotatable bonds is 12. The first-order chi connectivity index (χ1) is 19.8. The lowest BCUT2D eigenvalue weighted by atomic mass is 9.79. The van der Waals surface area contributed by atoms with E-state index >= 15 is 0 Å². The number of unbranched alkanes of at least 4 members (excludes halogenated alkanes) is 1.